The summed E-state index contributed by atoms with van der Waals surface area (Å²) in [5.74, 6) is 1.22. The standard InChI is InChI=1S/C10H16BrN3O/c1-3-5-12-10-13-7-8(11)9(14-10)15-6-4-2/h7H,3-6H2,1-2H3,(H,12,13,14). The van der Waals surface area contributed by atoms with E-state index in [1.54, 1.807) is 6.20 Å². The van der Waals surface area contributed by atoms with Gasteiger partial charge in [0.15, 0.2) is 0 Å². The third kappa shape index (κ3) is 4.03. The van der Waals surface area contributed by atoms with E-state index in [9.17, 15) is 0 Å². The molecular formula is C10H16BrN3O. The molecule has 1 aromatic rings. The number of anilines is 1. The topological polar surface area (TPSA) is 47.0 Å². The fourth-order valence-corrected chi connectivity index (χ4v) is 1.28. The molecular weight excluding hydrogens is 258 g/mol. The molecule has 1 N–H and O–H groups in total. The van der Waals surface area contributed by atoms with Crippen LogP contribution in [0.15, 0.2) is 10.7 Å². The SMILES string of the molecule is CCCNc1ncc(Br)c(OCCC)n1. The molecule has 0 bridgehead atoms. The highest BCUT2D eigenvalue weighted by molar-refractivity contribution is 9.10. The molecule has 0 radical (unpaired) electrons. The van der Waals surface area contributed by atoms with Gasteiger partial charge in [-0.05, 0) is 28.8 Å². The van der Waals surface area contributed by atoms with Crippen LogP contribution in [0.3, 0.4) is 0 Å². The first-order chi connectivity index (χ1) is 7.27. The molecule has 15 heavy (non-hydrogen) atoms. The number of halogens is 1. The Morgan fingerprint density at radius 1 is 1.40 bits per heavy atom. The molecule has 0 aliphatic carbocycles. The molecule has 0 amide bonds. The van der Waals surface area contributed by atoms with Gasteiger partial charge in [-0.2, -0.15) is 4.98 Å². The van der Waals surface area contributed by atoms with E-state index >= 15 is 0 Å². The lowest BCUT2D eigenvalue weighted by molar-refractivity contribution is 0.303. The zero-order valence-corrected chi connectivity index (χ0v) is 10.7. The molecule has 5 heteroatoms. The Hall–Kier alpha value is -0.840. The molecule has 0 aromatic carbocycles. The number of nitrogens with zero attached hydrogens (tertiary/aromatic N) is 2. The Bertz CT molecular complexity index is 307. The number of ether oxygens (including phenoxy) is 1. The second kappa shape index (κ2) is 6.61. The average Bonchev–Trinajstić information content (AvgIpc) is 2.26. The van der Waals surface area contributed by atoms with E-state index in [2.05, 4.69) is 45.1 Å². The quantitative estimate of drug-likeness (QED) is 0.866. The first kappa shape index (κ1) is 12.2. The Morgan fingerprint density at radius 3 is 2.87 bits per heavy atom. The molecule has 0 aliphatic rings. The number of hydrogen-bond acceptors (Lipinski definition) is 4. The summed E-state index contributed by atoms with van der Waals surface area (Å²) in [5, 5.41) is 3.12. The molecule has 1 rings (SSSR count). The zero-order valence-electron chi connectivity index (χ0n) is 9.09. The number of hydrogen-bond donors (Lipinski definition) is 1. The molecule has 0 aliphatic heterocycles. The summed E-state index contributed by atoms with van der Waals surface area (Å²) in [7, 11) is 0. The minimum absolute atomic E-state index is 0.602. The van der Waals surface area contributed by atoms with Crippen LogP contribution < -0.4 is 10.1 Å². The molecule has 0 fully saturated rings. The van der Waals surface area contributed by atoms with Gasteiger partial charge in [-0.3, -0.25) is 0 Å². The van der Waals surface area contributed by atoms with Crippen LogP contribution in [0.1, 0.15) is 26.7 Å². The van der Waals surface area contributed by atoms with Crippen molar-refractivity contribution in [2.75, 3.05) is 18.5 Å². The molecule has 0 unspecified atom stereocenters. The largest absolute Gasteiger partial charge is 0.477 e. The highest BCUT2D eigenvalue weighted by Crippen LogP contribution is 2.22. The molecule has 0 atom stereocenters. The lowest BCUT2D eigenvalue weighted by atomic mass is 10.5. The number of rotatable bonds is 6. The summed E-state index contributed by atoms with van der Waals surface area (Å²) in [6, 6.07) is 0. The van der Waals surface area contributed by atoms with Crippen molar-refractivity contribution in [2.24, 2.45) is 0 Å². The van der Waals surface area contributed by atoms with E-state index in [-0.39, 0.29) is 0 Å². The Labute approximate surface area is 98.6 Å². The minimum atomic E-state index is 0.602. The van der Waals surface area contributed by atoms with Crippen LogP contribution in [0.2, 0.25) is 0 Å². The van der Waals surface area contributed by atoms with Gasteiger partial charge in [0, 0.05) is 6.54 Å². The average molecular weight is 274 g/mol. The van der Waals surface area contributed by atoms with Crippen LogP contribution in [0.25, 0.3) is 0 Å². The molecule has 0 saturated carbocycles. The summed E-state index contributed by atoms with van der Waals surface area (Å²) >= 11 is 3.35. The van der Waals surface area contributed by atoms with Gasteiger partial charge in [0.1, 0.15) is 0 Å². The molecule has 1 heterocycles. The van der Waals surface area contributed by atoms with Gasteiger partial charge in [-0.15, -0.1) is 0 Å². The van der Waals surface area contributed by atoms with Gasteiger partial charge in [0.25, 0.3) is 0 Å². The zero-order chi connectivity index (χ0) is 11.1. The van der Waals surface area contributed by atoms with E-state index in [1.807, 2.05) is 0 Å². The van der Waals surface area contributed by atoms with E-state index < -0.39 is 0 Å². The summed E-state index contributed by atoms with van der Waals surface area (Å²) in [4.78, 5) is 8.39. The van der Waals surface area contributed by atoms with Gasteiger partial charge in [-0.1, -0.05) is 13.8 Å². The Morgan fingerprint density at radius 2 is 2.20 bits per heavy atom. The summed E-state index contributed by atoms with van der Waals surface area (Å²) in [5.41, 5.74) is 0. The predicted octanol–water partition coefficient (Wildman–Crippen LogP) is 2.85. The second-order valence-corrected chi connectivity index (χ2v) is 3.98. The number of aromatic nitrogens is 2. The fourth-order valence-electron chi connectivity index (χ4n) is 0.973. The van der Waals surface area contributed by atoms with Crippen LogP contribution in [-0.4, -0.2) is 23.1 Å². The summed E-state index contributed by atoms with van der Waals surface area (Å²) in [6.07, 6.45) is 3.72. The van der Waals surface area contributed by atoms with Crippen molar-refractivity contribution in [3.05, 3.63) is 10.7 Å². The molecule has 4 nitrogen and oxygen atoms in total. The van der Waals surface area contributed by atoms with Crippen LogP contribution in [0, 0.1) is 0 Å². The van der Waals surface area contributed by atoms with Gasteiger partial charge >= 0.3 is 0 Å². The maximum absolute atomic E-state index is 5.47. The lowest BCUT2D eigenvalue weighted by Crippen LogP contribution is -2.06. The van der Waals surface area contributed by atoms with Crippen LogP contribution in [-0.2, 0) is 0 Å². The van der Waals surface area contributed by atoms with Crippen molar-refractivity contribution >= 4 is 21.9 Å². The van der Waals surface area contributed by atoms with Gasteiger partial charge < -0.3 is 10.1 Å². The number of nitrogens with one attached hydrogen (secondary N) is 1. The van der Waals surface area contributed by atoms with Crippen molar-refractivity contribution < 1.29 is 4.74 Å². The first-order valence-corrected chi connectivity index (χ1v) is 5.96. The highest BCUT2D eigenvalue weighted by Gasteiger charge is 2.05. The maximum Gasteiger partial charge on any atom is 0.232 e. The van der Waals surface area contributed by atoms with Crippen molar-refractivity contribution in [1.82, 2.24) is 9.97 Å². The van der Waals surface area contributed by atoms with Crippen LogP contribution >= 0.6 is 15.9 Å². The monoisotopic (exact) mass is 273 g/mol. The van der Waals surface area contributed by atoms with Gasteiger partial charge in [0.2, 0.25) is 11.8 Å². The Balaban J connectivity index is 2.66. The Kier molecular flexibility index (Phi) is 5.39. The van der Waals surface area contributed by atoms with Gasteiger partial charge in [0.05, 0.1) is 17.3 Å². The van der Waals surface area contributed by atoms with E-state index in [0.29, 0.717) is 18.4 Å². The highest BCUT2D eigenvalue weighted by atomic mass is 79.9. The maximum atomic E-state index is 5.47. The predicted molar refractivity (Wildman–Crippen MR) is 64.3 cm³/mol. The van der Waals surface area contributed by atoms with Crippen molar-refractivity contribution in [1.29, 1.82) is 0 Å². The van der Waals surface area contributed by atoms with Crippen molar-refractivity contribution in [3.8, 4) is 5.88 Å². The fraction of sp³-hybridized carbons (Fsp3) is 0.600. The van der Waals surface area contributed by atoms with E-state index in [4.69, 9.17) is 4.74 Å². The second-order valence-electron chi connectivity index (χ2n) is 3.12. The third-order valence-electron chi connectivity index (χ3n) is 1.69. The molecule has 0 saturated heterocycles. The normalized spacial score (nSPS) is 10.1. The van der Waals surface area contributed by atoms with Gasteiger partial charge in [-0.25, -0.2) is 4.98 Å². The third-order valence-corrected chi connectivity index (χ3v) is 2.23. The van der Waals surface area contributed by atoms with Crippen molar-refractivity contribution in [2.45, 2.75) is 26.7 Å². The summed E-state index contributed by atoms with van der Waals surface area (Å²) < 4.78 is 6.26. The smallest absolute Gasteiger partial charge is 0.232 e. The van der Waals surface area contributed by atoms with Crippen molar-refractivity contribution in [3.63, 3.8) is 0 Å². The van der Waals surface area contributed by atoms with Crippen LogP contribution in [0.5, 0.6) is 5.88 Å². The van der Waals surface area contributed by atoms with E-state index in [1.165, 1.54) is 0 Å². The first-order valence-electron chi connectivity index (χ1n) is 5.17. The van der Waals surface area contributed by atoms with Crippen LogP contribution in [0.4, 0.5) is 5.95 Å². The summed E-state index contributed by atoms with van der Waals surface area (Å²) in [6.45, 7) is 5.70. The van der Waals surface area contributed by atoms with E-state index in [0.717, 1.165) is 23.9 Å². The molecule has 84 valence electrons. The molecule has 0 spiro atoms. The minimum Gasteiger partial charge on any atom is -0.477 e. The molecule has 1 aromatic heterocycles. The lowest BCUT2D eigenvalue weighted by Gasteiger charge is -2.08.